The summed E-state index contributed by atoms with van der Waals surface area (Å²) >= 11 is 0. The van der Waals surface area contributed by atoms with Gasteiger partial charge in [-0.1, -0.05) is 72.8 Å². The number of hydrogen-bond donors (Lipinski definition) is 2. The fourth-order valence-corrected chi connectivity index (χ4v) is 8.96. The molecule has 0 bridgehead atoms. The molecule has 0 saturated heterocycles. The van der Waals surface area contributed by atoms with Crippen molar-refractivity contribution in [2.45, 2.75) is 46.3 Å². The number of fused-ring (bicyclic) bond motifs is 6. The molecule has 8 heteroatoms. The third kappa shape index (κ3) is 6.57. The van der Waals surface area contributed by atoms with Crippen molar-refractivity contribution in [2.75, 3.05) is 0 Å². The number of aryl methyl sites for hydroxylation is 2. The molecule has 300 valence electrons. The molecule has 1 unspecified atom stereocenters. The van der Waals surface area contributed by atoms with Gasteiger partial charge in [-0.15, -0.1) is 0 Å². The molecule has 6 aromatic carbocycles. The number of ether oxygens (including phenoxy) is 2. The summed E-state index contributed by atoms with van der Waals surface area (Å²) in [5, 5.41) is 28.7. The van der Waals surface area contributed by atoms with Gasteiger partial charge >= 0.3 is 0 Å². The van der Waals surface area contributed by atoms with Gasteiger partial charge in [-0.05, 0) is 112 Å². The van der Waals surface area contributed by atoms with Crippen LogP contribution in [0.1, 0.15) is 31.4 Å². The van der Waals surface area contributed by atoms with Crippen molar-refractivity contribution in [1.29, 1.82) is 0 Å². The van der Waals surface area contributed by atoms with Gasteiger partial charge in [0.05, 0.1) is 33.4 Å². The Morgan fingerprint density at radius 2 is 0.803 bits per heavy atom. The molecule has 4 aromatic heterocycles. The van der Waals surface area contributed by atoms with Crippen LogP contribution in [0.15, 0.2) is 158 Å². The summed E-state index contributed by atoms with van der Waals surface area (Å²) in [4.78, 5) is 9.33. The van der Waals surface area contributed by atoms with E-state index in [-0.39, 0.29) is 23.7 Å². The van der Waals surface area contributed by atoms with Crippen LogP contribution in [0.2, 0.25) is 0 Å². The Balaban J connectivity index is 0.936. The Hall–Kier alpha value is -7.58. The molecule has 0 aliphatic heterocycles. The molecule has 0 aliphatic carbocycles. The van der Waals surface area contributed by atoms with Crippen LogP contribution >= 0.6 is 0 Å². The molecule has 2 N–H and O–H groups in total. The highest BCUT2D eigenvalue weighted by molar-refractivity contribution is 6.10. The quantitative estimate of drug-likeness (QED) is 0.143. The van der Waals surface area contributed by atoms with Crippen molar-refractivity contribution in [1.82, 2.24) is 19.1 Å². The molecule has 0 fully saturated rings. The molecule has 61 heavy (non-hydrogen) atoms. The number of pyridine rings is 2. The van der Waals surface area contributed by atoms with Crippen molar-refractivity contribution < 1.29 is 19.7 Å². The van der Waals surface area contributed by atoms with Crippen molar-refractivity contribution in [3.8, 4) is 56.9 Å². The van der Waals surface area contributed by atoms with Crippen LogP contribution in [-0.4, -0.2) is 41.5 Å². The van der Waals surface area contributed by atoms with E-state index in [1.807, 2.05) is 125 Å². The van der Waals surface area contributed by atoms with Crippen molar-refractivity contribution in [3.05, 3.63) is 169 Å². The standard InChI is InChI=1S/C53H44N4O4/c1-32-27-42(50(58)48(29-32)56-44-21-9-5-15-36(44)37-16-6-10-22-45(37)56)40-19-13-25-54-52(40)60-34(3)31-35(4)61-53-41(20-14-26-55-53)43-28-33(2)30-49(51(43)59)57-46-23-11-7-17-38(46)39-18-8-12-24-47(39)57/h5-30,34-35,58-59H,31H2,1-4H3/t34-,35?/m1/s1. The average Bonchev–Trinajstić information content (AvgIpc) is 3.78. The van der Waals surface area contributed by atoms with E-state index in [1.54, 1.807) is 12.4 Å². The first-order valence-electron chi connectivity index (χ1n) is 20.6. The molecule has 0 amide bonds. The van der Waals surface area contributed by atoms with Gasteiger partial charge in [0.25, 0.3) is 0 Å². The van der Waals surface area contributed by atoms with Crippen LogP contribution < -0.4 is 9.47 Å². The molecule has 0 aliphatic rings. The summed E-state index contributed by atoms with van der Waals surface area (Å²) in [5.41, 5.74) is 10.0. The van der Waals surface area contributed by atoms with Gasteiger partial charge in [-0.3, -0.25) is 0 Å². The topological polar surface area (TPSA) is 94.6 Å². The minimum absolute atomic E-state index is 0.141. The van der Waals surface area contributed by atoms with Crippen LogP contribution in [0.5, 0.6) is 23.3 Å². The van der Waals surface area contributed by atoms with Gasteiger partial charge in [0.15, 0.2) is 0 Å². The maximum atomic E-state index is 12.1. The molecule has 10 aromatic rings. The minimum Gasteiger partial charge on any atom is -0.505 e. The summed E-state index contributed by atoms with van der Waals surface area (Å²) in [5.74, 6) is 1.11. The summed E-state index contributed by atoms with van der Waals surface area (Å²) in [6.45, 7) is 8.04. The molecule has 2 atom stereocenters. The highest BCUT2D eigenvalue weighted by Crippen LogP contribution is 2.44. The van der Waals surface area contributed by atoms with Crippen molar-refractivity contribution in [3.63, 3.8) is 0 Å². The van der Waals surface area contributed by atoms with Crippen molar-refractivity contribution in [2.24, 2.45) is 0 Å². The Morgan fingerprint density at radius 1 is 0.459 bits per heavy atom. The normalized spacial score (nSPS) is 12.7. The number of nitrogens with zero attached hydrogens (tertiary/aromatic N) is 4. The Morgan fingerprint density at radius 3 is 1.16 bits per heavy atom. The molecule has 8 nitrogen and oxygen atoms in total. The first-order valence-corrected chi connectivity index (χ1v) is 20.6. The number of hydrogen-bond acceptors (Lipinski definition) is 6. The summed E-state index contributed by atoms with van der Waals surface area (Å²) in [6, 6.07) is 48.6. The maximum Gasteiger partial charge on any atom is 0.221 e. The predicted octanol–water partition coefficient (Wildman–Crippen LogP) is 12.7. The number of phenols is 2. The van der Waals surface area contributed by atoms with Gasteiger partial charge in [-0.25, -0.2) is 9.97 Å². The zero-order valence-electron chi connectivity index (χ0n) is 34.4. The third-order valence-corrected chi connectivity index (χ3v) is 11.5. The van der Waals surface area contributed by atoms with Crippen molar-refractivity contribution >= 4 is 43.6 Å². The monoisotopic (exact) mass is 800 g/mol. The molecule has 0 spiro atoms. The Bertz CT molecular complexity index is 2970. The van der Waals surface area contributed by atoms with Gasteiger partial charge in [0.1, 0.15) is 23.7 Å². The second-order valence-electron chi connectivity index (χ2n) is 15.9. The number of aromatic hydroxyl groups is 2. The molecular weight excluding hydrogens is 757 g/mol. The molecule has 10 rings (SSSR count). The SMILES string of the molecule is Cc1cc(-c2cccnc2OC(C)C[C@@H](C)Oc2ncccc2-c2cc(C)cc(-n3c4ccccc4c4ccccc43)c2O)c(O)c(-n2c3ccccc3c3ccccc32)c1. The van der Waals surface area contributed by atoms with E-state index in [2.05, 4.69) is 67.6 Å². The Kier molecular flexibility index (Phi) is 9.40. The molecule has 0 radical (unpaired) electrons. The lowest BCUT2D eigenvalue weighted by Crippen LogP contribution is -2.23. The van der Waals surface area contributed by atoms with E-state index >= 15 is 0 Å². The van der Waals surface area contributed by atoms with E-state index in [0.29, 0.717) is 51.8 Å². The fourth-order valence-electron chi connectivity index (χ4n) is 8.96. The lowest BCUT2D eigenvalue weighted by molar-refractivity contribution is 0.125. The van der Waals surface area contributed by atoms with Crippen LogP contribution in [0.4, 0.5) is 0 Å². The highest BCUT2D eigenvalue weighted by Gasteiger charge is 2.24. The van der Waals surface area contributed by atoms with E-state index in [4.69, 9.17) is 9.47 Å². The first-order chi connectivity index (χ1) is 29.7. The second-order valence-corrected chi connectivity index (χ2v) is 15.9. The summed E-state index contributed by atoms with van der Waals surface area (Å²) in [6.07, 6.45) is 3.26. The lowest BCUT2D eigenvalue weighted by Gasteiger charge is -2.22. The van der Waals surface area contributed by atoms with E-state index in [1.165, 1.54) is 0 Å². The van der Waals surface area contributed by atoms with E-state index in [9.17, 15) is 10.2 Å². The lowest BCUT2D eigenvalue weighted by atomic mass is 10.0. The molecular formula is C53H44N4O4. The predicted molar refractivity (Wildman–Crippen MR) is 246 cm³/mol. The van der Waals surface area contributed by atoms with E-state index < -0.39 is 0 Å². The largest absolute Gasteiger partial charge is 0.505 e. The Labute approximate surface area is 353 Å². The van der Waals surface area contributed by atoms with Crippen LogP contribution in [0, 0.1) is 13.8 Å². The maximum absolute atomic E-state index is 12.1. The van der Waals surface area contributed by atoms with Gasteiger partial charge in [0.2, 0.25) is 11.8 Å². The van der Waals surface area contributed by atoms with Crippen LogP contribution in [0.3, 0.4) is 0 Å². The number of phenolic OH excluding ortho intramolecular Hbond substituents is 2. The van der Waals surface area contributed by atoms with E-state index in [0.717, 1.165) is 54.7 Å². The molecule has 4 heterocycles. The second kappa shape index (κ2) is 15.2. The number of para-hydroxylation sites is 4. The van der Waals surface area contributed by atoms with Gasteiger partial charge < -0.3 is 28.8 Å². The summed E-state index contributed by atoms with van der Waals surface area (Å²) < 4.78 is 17.4. The number of rotatable bonds is 10. The fraction of sp³-hybridized carbons (Fsp3) is 0.132. The first kappa shape index (κ1) is 37.7. The smallest absolute Gasteiger partial charge is 0.221 e. The highest BCUT2D eigenvalue weighted by atomic mass is 16.5. The third-order valence-electron chi connectivity index (χ3n) is 11.5. The number of benzene rings is 6. The number of aromatic nitrogens is 4. The van der Waals surface area contributed by atoms with Crippen LogP contribution in [-0.2, 0) is 0 Å². The minimum atomic E-state index is -0.325. The van der Waals surface area contributed by atoms with Gasteiger partial charge in [0, 0.05) is 62.6 Å². The van der Waals surface area contributed by atoms with Crippen LogP contribution in [0.25, 0.3) is 77.2 Å². The zero-order chi connectivity index (χ0) is 41.8. The zero-order valence-corrected chi connectivity index (χ0v) is 34.4. The summed E-state index contributed by atoms with van der Waals surface area (Å²) in [7, 11) is 0. The average molecular weight is 801 g/mol. The van der Waals surface area contributed by atoms with Gasteiger partial charge in [-0.2, -0.15) is 0 Å². The molecule has 0 saturated carbocycles.